The molecule has 0 saturated carbocycles. The quantitative estimate of drug-likeness (QED) is 0.672. The van der Waals surface area contributed by atoms with E-state index in [-0.39, 0.29) is 0 Å². The van der Waals surface area contributed by atoms with Gasteiger partial charge in [0.1, 0.15) is 5.82 Å². The number of nitrogens with one attached hydrogen (secondary N) is 2. The lowest BCUT2D eigenvalue weighted by Gasteiger charge is -2.09. The van der Waals surface area contributed by atoms with Crippen LogP contribution in [0, 0.1) is 0 Å². The molecule has 0 atom stereocenters. The van der Waals surface area contributed by atoms with Crippen LogP contribution < -0.4 is 10.6 Å². The number of aromatic nitrogens is 2. The summed E-state index contributed by atoms with van der Waals surface area (Å²) in [7, 11) is 1.94. The van der Waals surface area contributed by atoms with E-state index >= 15 is 0 Å². The monoisotopic (exact) mass is 196 g/mol. The maximum Gasteiger partial charge on any atom is 0.123 e. The van der Waals surface area contributed by atoms with E-state index < -0.39 is 0 Å². The molecule has 1 heterocycles. The summed E-state index contributed by atoms with van der Waals surface area (Å²) in [5.41, 5.74) is 0. The normalized spacial score (nSPS) is 10.9. The summed E-state index contributed by atoms with van der Waals surface area (Å²) in [5.74, 6) is 1.08. The fourth-order valence-electron chi connectivity index (χ4n) is 1.24. The van der Waals surface area contributed by atoms with Crippen LogP contribution in [0.3, 0.4) is 0 Å². The van der Waals surface area contributed by atoms with Crippen molar-refractivity contribution in [2.75, 3.05) is 18.4 Å². The second kappa shape index (κ2) is 5.65. The minimum absolute atomic E-state index is 0.576. The maximum atomic E-state index is 4.08. The highest BCUT2D eigenvalue weighted by molar-refractivity contribution is 5.33. The van der Waals surface area contributed by atoms with Gasteiger partial charge in [0, 0.05) is 25.7 Å². The van der Waals surface area contributed by atoms with E-state index in [1.165, 1.54) is 0 Å². The number of hydrogen-bond donors (Lipinski definition) is 2. The predicted molar refractivity (Wildman–Crippen MR) is 59.5 cm³/mol. The first-order chi connectivity index (χ1) is 6.70. The van der Waals surface area contributed by atoms with Gasteiger partial charge < -0.3 is 10.6 Å². The molecule has 14 heavy (non-hydrogen) atoms. The molecule has 1 rings (SSSR count). The third-order valence-electron chi connectivity index (χ3n) is 2.03. The molecular formula is C10H20N4. The topological polar surface area (TPSA) is 41.9 Å². The van der Waals surface area contributed by atoms with Crippen molar-refractivity contribution in [3.8, 4) is 0 Å². The Hall–Kier alpha value is -1.03. The van der Waals surface area contributed by atoms with Gasteiger partial charge in [0.25, 0.3) is 0 Å². The van der Waals surface area contributed by atoms with Gasteiger partial charge in [0.05, 0.1) is 6.20 Å². The average molecular weight is 196 g/mol. The lowest BCUT2D eigenvalue weighted by atomic mass is 10.3. The second-order valence-corrected chi connectivity index (χ2v) is 3.73. The standard InChI is InChI=1S/C10H20N4/c1-9(2)11-6-4-7-12-10-5-8-13-14(10)3/h5,8-9,11-12H,4,6-7H2,1-3H3. The minimum Gasteiger partial charge on any atom is -0.370 e. The zero-order valence-electron chi connectivity index (χ0n) is 9.25. The third-order valence-corrected chi connectivity index (χ3v) is 2.03. The van der Waals surface area contributed by atoms with Crippen LogP contribution in [0.1, 0.15) is 20.3 Å². The fourth-order valence-corrected chi connectivity index (χ4v) is 1.24. The Balaban J connectivity index is 2.08. The minimum atomic E-state index is 0.576. The molecule has 1 aromatic rings. The molecule has 0 aliphatic rings. The Bertz CT molecular complexity index is 254. The van der Waals surface area contributed by atoms with Crippen molar-refractivity contribution >= 4 is 5.82 Å². The molecule has 0 fully saturated rings. The first-order valence-corrected chi connectivity index (χ1v) is 5.15. The molecule has 0 aromatic carbocycles. The van der Waals surface area contributed by atoms with Gasteiger partial charge in [-0.15, -0.1) is 0 Å². The van der Waals surface area contributed by atoms with Crippen LogP contribution in [-0.4, -0.2) is 28.9 Å². The lowest BCUT2D eigenvalue weighted by Crippen LogP contribution is -2.25. The Morgan fingerprint density at radius 1 is 1.43 bits per heavy atom. The Morgan fingerprint density at radius 3 is 2.79 bits per heavy atom. The van der Waals surface area contributed by atoms with Crippen molar-refractivity contribution in [2.24, 2.45) is 7.05 Å². The van der Waals surface area contributed by atoms with Gasteiger partial charge in [-0.25, -0.2) is 0 Å². The number of nitrogens with zero attached hydrogens (tertiary/aromatic N) is 2. The molecular weight excluding hydrogens is 176 g/mol. The predicted octanol–water partition coefficient (Wildman–Crippen LogP) is 1.22. The summed E-state index contributed by atoms with van der Waals surface area (Å²) >= 11 is 0. The largest absolute Gasteiger partial charge is 0.370 e. The molecule has 0 unspecified atom stereocenters. The Morgan fingerprint density at radius 2 is 2.21 bits per heavy atom. The molecule has 0 radical (unpaired) electrons. The van der Waals surface area contributed by atoms with Gasteiger partial charge in [-0.3, -0.25) is 4.68 Å². The highest BCUT2D eigenvalue weighted by Crippen LogP contribution is 2.02. The van der Waals surface area contributed by atoms with Crippen LogP contribution >= 0.6 is 0 Å². The van der Waals surface area contributed by atoms with Crippen LogP contribution in [0.2, 0.25) is 0 Å². The van der Waals surface area contributed by atoms with Crippen molar-refractivity contribution in [3.63, 3.8) is 0 Å². The maximum absolute atomic E-state index is 4.08. The molecule has 0 spiro atoms. The molecule has 80 valence electrons. The molecule has 0 amide bonds. The van der Waals surface area contributed by atoms with Crippen molar-refractivity contribution < 1.29 is 0 Å². The number of aryl methyl sites for hydroxylation is 1. The fraction of sp³-hybridized carbons (Fsp3) is 0.700. The van der Waals surface area contributed by atoms with E-state index in [4.69, 9.17) is 0 Å². The van der Waals surface area contributed by atoms with Crippen molar-refractivity contribution in [2.45, 2.75) is 26.3 Å². The number of hydrogen-bond acceptors (Lipinski definition) is 3. The molecule has 1 aromatic heterocycles. The van der Waals surface area contributed by atoms with Gasteiger partial charge in [-0.05, 0) is 13.0 Å². The first kappa shape index (κ1) is 11.0. The molecule has 0 aliphatic heterocycles. The van der Waals surface area contributed by atoms with E-state index in [0.717, 1.165) is 25.3 Å². The van der Waals surface area contributed by atoms with Crippen molar-refractivity contribution in [3.05, 3.63) is 12.3 Å². The summed E-state index contributed by atoms with van der Waals surface area (Å²) < 4.78 is 1.84. The zero-order valence-corrected chi connectivity index (χ0v) is 9.25. The van der Waals surface area contributed by atoms with Gasteiger partial charge in [0.15, 0.2) is 0 Å². The van der Waals surface area contributed by atoms with Crippen LogP contribution in [0.15, 0.2) is 12.3 Å². The number of rotatable bonds is 6. The second-order valence-electron chi connectivity index (χ2n) is 3.73. The molecule has 4 heteroatoms. The Kier molecular flexibility index (Phi) is 4.46. The van der Waals surface area contributed by atoms with E-state index in [0.29, 0.717) is 6.04 Å². The van der Waals surface area contributed by atoms with Crippen molar-refractivity contribution in [1.29, 1.82) is 0 Å². The summed E-state index contributed by atoms with van der Waals surface area (Å²) in [6, 6.07) is 2.56. The van der Waals surface area contributed by atoms with E-state index in [1.807, 2.05) is 17.8 Å². The third kappa shape index (κ3) is 3.79. The van der Waals surface area contributed by atoms with Gasteiger partial charge >= 0.3 is 0 Å². The van der Waals surface area contributed by atoms with Gasteiger partial charge in [-0.2, -0.15) is 5.10 Å². The van der Waals surface area contributed by atoms with Crippen LogP contribution in [0.4, 0.5) is 5.82 Å². The van der Waals surface area contributed by atoms with Crippen LogP contribution in [0.5, 0.6) is 0 Å². The zero-order chi connectivity index (χ0) is 10.4. The van der Waals surface area contributed by atoms with Crippen LogP contribution in [0.25, 0.3) is 0 Å². The van der Waals surface area contributed by atoms with E-state index in [9.17, 15) is 0 Å². The summed E-state index contributed by atoms with van der Waals surface area (Å²) in [5, 5.41) is 10.8. The molecule has 0 aliphatic carbocycles. The Labute approximate surface area is 85.7 Å². The molecule has 4 nitrogen and oxygen atoms in total. The van der Waals surface area contributed by atoms with E-state index in [2.05, 4.69) is 29.6 Å². The molecule has 0 saturated heterocycles. The number of anilines is 1. The first-order valence-electron chi connectivity index (χ1n) is 5.15. The van der Waals surface area contributed by atoms with E-state index in [1.54, 1.807) is 6.20 Å². The van der Waals surface area contributed by atoms with Crippen molar-refractivity contribution in [1.82, 2.24) is 15.1 Å². The summed E-state index contributed by atoms with van der Waals surface area (Å²) in [6.07, 6.45) is 2.93. The SMILES string of the molecule is CC(C)NCCCNc1ccnn1C. The summed E-state index contributed by atoms with van der Waals surface area (Å²) in [4.78, 5) is 0. The molecule has 2 N–H and O–H groups in total. The highest BCUT2D eigenvalue weighted by Gasteiger charge is 1.96. The summed E-state index contributed by atoms with van der Waals surface area (Å²) in [6.45, 7) is 6.37. The smallest absolute Gasteiger partial charge is 0.123 e. The molecule has 0 bridgehead atoms. The lowest BCUT2D eigenvalue weighted by molar-refractivity contribution is 0.577. The van der Waals surface area contributed by atoms with Gasteiger partial charge in [0.2, 0.25) is 0 Å². The average Bonchev–Trinajstić information content (AvgIpc) is 2.51. The van der Waals surface area contributed by atoms with Crippen LogP contribution in [-0.2, 0) is 7.05 Å². The van der Waals surface area contributed by atoms with Gasteiger partial charge in [-0.1, -0.05) is 13.8 Å². The highest BCUT2D eigenvalue weighted by atomic mass is 15.3.